The molecule has 0 aromatic heterocycles. The van der Waals surface area contributed by atoms with E-state index in [1.54, 1.807) is 36.4 Å². The van der Waals surface area contributed by atoms with Gasteiger partial charge in [0.2, 0.25) is 11.7 Å². The van der Waals surface area contributed by atoms with Crippen LogP contribution in [-0.2, 0) is 9.53 Å². The van der Waals surface area contributed by atoms with E-state index in [0.717, 1.165) is 5.69 Å². The van der Waals surface area contributed by atoms with E-state index in [0.29, 0.717) is 16.8 Å². The van der Waals surface area contributed by atoms with Crippen molar-refractivity contribution in [2.24, 2.45) is 0 Å². The minimum atomic E-state index is -0.914. The van der Waals surface area contributed by atoms with Gasteiger partial charge in [-0.1, -0.05) is 0 Å². The van der Waals surface area contributed by atoms with Gasteiger partial charge in [0.15, 0.2) is 6.10 Å². The van der Waals surface area contributed by atoms with Gasteiger partial charge in [-0.15, -0.1) is 0 Å². The molecule has 1 atom stereocenters. The Kier molecular flexibility index (Phi) is 6.11. The maximum Gasteiger partial charge on any atom is 0.338 e. The van der Waals surface area contributed by atoms with Gasteiger partial charge in [-0.05, 0) is 55.5 Å². The zero-order valence-corrected chi connectivity index (χ0v) is 15.3. The Balaban J connectivity index is 2.01. The molecule has 0 fully saturated rings. The molecule has 6 nitrogen and oxygen atoms in total. The number of anilines is 2. The van der Waals surface area contributed by atoms with Crippen LogP contribution in [0, 0.1) is 0 Å². The summed E-state index contributed by atoms with van der Waals surface area (Å²) >= 11 is 0. The number of ketones is 1. The monoisotopic (exact) mass is 354 g/mol. The Morgan fingerprint density at radius 2 is 1.46 bits per heavy atom. The van der Waals surface area contributed by atoms with Crippen LogP contribution in [0.4, 0.5) is 11.4 Å². The second kappa shape index (κ2) is 8.29. The van der Waals surface area contributed by atoms with Crippen molar-refractivity contribution in [2.45, 2.75) is 20.0 Å². The highest BCUT2D eigenvalue weighted by molar-refractivity contribution is 6.02. The number of amides is 1. The standard InChI is InChI=1S/C20H22N2O4/c1-13(19(24)15-5-9-17(10-6-15)21-14(2)23)26-20(25)16-7-11-18(12-8-16)22(3)4/h5-13H,1-4H3,(H,21,23)/t13-/m0/s1. The summed E-state index contributed by atoms with van der Waals surface area (Å²) in [6, 6.07) is 13.4. The Labute approximate surface area is 152 Å². The second-order valence-corrected chi connectivity index (χ2v) is 6.11. The van der Waals surface area contributed by atoms with Crippen molar-refractivity contribution >= 4 is 29.0 Å². The molecule has 2 rings (SSSR count). The molecule has 0 saturated carbocycles. The lowest BCUT2D eigenvalue weighted by Gasteiger charge is -2.14. The third kappa shape index (κ3) is 4.92. The maximum absolute atomic E-state index is 12.4. The van der Waals surface area contributed by atoms with Crippen LogP contribution >= 0.6 is 0 Å². The molecule has 1 amide bonds. The molecule has 2 aromatic carbocycles. The summed E-state index contributed by atoms with van der Waals surface area (Å²) in [7, 11) is 3.82. The van der Waals surface area contributed by atoms with Crippen LogP contribution in [0.25, 0.3) is 0 Å². The second-order valence-electron chi connectivity index (χ2n) is 6.11. The number of carbonyl (C=O) groups excluding carboxylic acids is 3. The molecule has 1 N–H and O–H groups in total. The van der Waals surface area contributed by atoms with Gasteiger partial charge in [-0.2, -0.15) is 0 Å². The number of nitrogens with zero attached hydrogens (tertiary/aromatic N) is 1. The normalized spacial score (nSPS) is 11.4. The minimum absolute atomic E-state index is 0.188. The topological polar surface area (TPSA) is 75.7 Å². The quantitative estimate of drug-likeness (QED) is 0.637. The predicted molar refractivity (Wildman–Crippen MR) is 101 cm³/mol. The third-order valence-corrected chi connectivity index (χ3v) is 3.76. The van der Waals surface area contributed by atoms with E-state index in [9.17, 15) is 14.4 Å². The Bertz CT molecular complexity index is 796. The molecule has 0 aliphatic carbocycles. The largest absolute Gasteiger partial charge is 0.451 e. The molecule has 0 spiro atoms. The lowest BCUT2D eigenvalue weighted by Crippen LogP contribution is -2.24. The van der Waals surface area contributed by atoms with Gasteiger partial charge < -0.3 is 15.0 Å². The Morgan fingerprint density at radius 1 is 0.923 bits per heavy atom. The number of carbonyl (C=O) groups is 3. The van der Waals surface area contributed by atoms with E-state index in [1.807, 2.05) is 31.1 Å². The van der Waals surface area contributed by atoms with Gasteiger partial charge in [-0.3, -0.25) is 9.59 Å². The fraction of sp³-hybridized carbons (Fsp3) is 0.250. The van der Waals surface area contributed by atoms with Crippen molar-refractivity contribution < 1.29 is 19.1 Å². The van der Waals surface area contributed by atoms with Gasteiger partial charge in [0.25, 0.3) is 0 Å². The summed E-state index contributed by atoms with van der Waals surface area (Å²) in [4.78, 5) is 37.6. The molecule has 136 valence electrons. The van der Waals surface area contributed by atoms with Gasteiger partial charge in [-0.25, -0.2) is 4.79 Å². The Hall–Kier alpha value is -3.15. The molecule has 0 unspecified atom stereocenters. The first-order valence-corrected chi connectivity index (χ1v) is 8.18. The lowest BCUT2D eigenvalue weighted by molar-refractivity contribution is -0.114. The number of nitrogens with one attached hydrogen (secondary N) is 1. The van der Waals surface area contributed by atoms with Crippen LogP contribution in [0.1, 0.15) is 34.6 Å². The molecule has 0 aliphatic heterocycles. The highest BCUT2D eigenvalue weighted by atomic mass is 16.5. The van der Waals surface area contributed by atoms with Crippen LogP contribution in [0.5, 0.6) is 0 Å². The lowest BCUT2D eigenvalue weighted by atomic mass is 10.1. The molecule has 0 aliphatic rings. The van der Waals surface area contributed by atoms with Crippen LogP contribution in [0.3, 0.4) is 0 Å². The van der Waals surface area contributed by atoms with E-state index < -0.39 is 12.1 Å². The molecule has 0 heterocycles. The average molecular weight is 354 g/mol. The summed E-state index contributed by atoms with van der Waals surface area (Å²) in [5, 5.41) is 2.63. The van der Waals surface area contributed by atoms with Crippen LogP contribution in [0.2, 0.25) is 0 Å². The Morgan fingerprint density at radius 3 is 1.96 bits per heavy atom. The first kappa shape index (κ1) is 19.2. The number of hydrogen-bond acceptors (Lipinski definition) is 5. The summed E-state index contributed by atoms with van der Waals surface area (Å²) in [6.07, 6.45) is -0.914. The first-order valence-electron chi connectivity index (χ1n) is 8.18. The van der Waals surface area contributed by atoms with Crippen molar-refractivity contribution in [1.82, 2.24) is 0 Å². The smallest absolute Gasteiger partial charge is 0.338 e. The molecule has 0 bridgehead atoms. The van der Waals surface area contributed by atoms with E-state index in [-0.39, 0.29) is 11.7 Å². The highest BCUT2D eigenvalue weighted by Crippen LogP contribution is 2.16. The number of ether oxygens (including phenoxy) is 1. The number of hydrogen-bond donors (Lipinski definition) is 1. The fourth-order valence-corrected chi connectivity index (χ4v) is 2.33. The van der Waals surface area contributed by atoms with E-state index in [4.69, 9.17) is 4.74 Å². The molecule has 2 aromatic rings. The molecular weight excluding hydrogens is 332 g/mol. The van der Waals surface area contributed by atoms with Crippen molar-refractivity contribution in [3.8, 4) is 0 Å². The fourth-order valence-electron chi connectivity index (χ4n) is 2.33. The predicted octanol–water partition coefficient (Wildman–Crippen LogP) is 3.14. The van der Waals surface area contributed by atoms with Gasteiger partial charge in [0, 0.05) is 38.0 Å². The first-order chi connectivity index (χ1) is 12.3. The molecule has 0 saturated heterocycles. The van der Waals surface area contributed by atoms with Crippen LogP contribution in [0.15, 0.2) is 48.5 Å². The molecule has 6 heteroatoms. The number of rotatable bonds is 6. The number of Topliss-reactive ketones (excluding diaryl/α,β-unsaturated/α-hetero) is 1. The molecular formula is C20H22N2O4. The molecule has 0 radical (unpaired) electrons. The van der Waals surface area contributed by atoms with Crippen LogP contribution < -0.4 is 10.2 Å². The number of esters is 1. The van der Waals surface area contributed by atoms with Crippen molar-refractivity contribution in [3.63, 3.8) is 0 Å². The zero-order chi connectivity index (χ0) is 19.3. The maximum atomic E-state index is 12.4. The van der Waals surface area contributed by atoms with Crippen molar-refractivity contribution in [2.75, 3.05) is 24.3 Å². The average Bonchev–Trinajstić information content (AvgIpc) is 2.61. The van der Waals surface area contributed by atoms with E-state index in [1.165, 1.54) is 13.8 Å². The highest BCUT2D eigenvalue weighted by Gasteiger charge is 2.20. The van der Waals surface area contributed by atoms with Gasteiger partial charge in [0.05, 0.1) is 5.56 Å². The zero-order valence-electron chi connectivity index (χ0n) is 15.3. The van der Waals surface area contributed by atoms with Crippen molar-refractivity contribution in [1.29, 1.82) is 0 Å². The van der Waals surface area contributed by atoms with E-state index >= 15 is 0 Å². The summed E-state index contributed by atoms with van der Waals surface area (Å²) < 4.78 is 5.28. The van der Waals surface area contributed by atoms with Crippen molar-refractivity contribution in [3.05, 3.63) is 59.7 Å². The summed E-state index contributed by atoms with van der Waals surface area (Å²) in [5.41, 5.74) is 2.35. The van der Waals surface area contributed by atoms with E-state index in [2.05, 4.69) is 5.32 Å². The summed E-state index contributed by atoms with van der Waals surface area (Å²) in [6.45, 7) is 2.95. The SMILES string of the molecule is CC(=O)Nc1ccc(C(=O)[C@H](C)OC(=O)c2ccc(N(C)C)cc2)cc1. The number of benzene rings is 2. The van der Waals surface area contributed by atoms with Gasteiger partial charge >= 0.3 is 5.97 Å². The van der Waals surface area contributed by atoms with Gasteiger partial charge in [0.1, 0.15) is 0 Å². The molecule has 26 heavy (non-hydrogen) atoms. The third-order valence-electron chi connectivity index (χ3n) is 3.76. The summed E-state index contributed by atoms with van der Waals surface area (Å²) in [5.74, 6) is -1.05. The minimum Gasteiger partial charge on any atom is -0.451 e. The van der Waals surface area contributed by atoms with Crippen LogP contribution in [-0.4, -0.2) is 37.9 Å².